The lowest BCUT2D eigenvalue weighted by Crippen LogP contribution is -1.93. The van der Waals surface area contributed by atoms with Crippen LogP contribution in [0.1, 0.15) is 24.5 Å². The molecule has 0 bridgehead atoms. The quantitative estimate of drug-likeness (QED) is 0.868. The van der Waals surface area contributed by atoms with E-state index in [0.29, 0.717) is 5.69 Å². The number of nitrogens with two attached hydrogens (primary N) is 1. The van der Waals surface area contributed by atoms with E-state index in [4.69, 9.17) is 5.73 Å². The summed E-state index contributed by atoms with van der Waals surface area (Å²) in [4.78, 5) is 4.40. The minimum absolute atomic E-state index is 0.717. The molecule has 0 aliphatic heterocycles. The molecule has 0 spiro atoms. The molecule has 2 rings (SSSR count). The van der Waals surface area contributed by atoms with E-state index in [2.05, 4.69) is 36.2 Å². The van der Waals surface area contributed by atoms with Gasteiger partial charge in [-0.3, -0.25) is 4.98 Å². The summed E-state index contributed by atoms with van der Waals surface area (Å²) in [6.07, 6.45) is 4.02. The zero-order valence-corrected chi connectivity index (χ0v) is 10.4. The lowest BCUT2D eigenvalue weighted by Gasteiger charge is -2.07. The molecule has 1 aromatic heterocycles. The second-order valence-electron chi connectivity index (χ2n) is 4.38. The third kappa shape index (κ3) is 2.64. The van der Waals surface area contributed by atoms with Gasteiger partial charge in [-0.25, -0.2) is 0 Å². The normalized spacial score (nSPS) is 10.5. The average Bonchev–Trinajstić information content (AvgIpc) is 2.31. The van der Waals surface area contributed by atoms with Crippen LogP contribution in [0.4, 0.5) is 5.69 Å². The molecule has 2 nitrogen and oxygen atoms in total. The molecule has 0 unspecified atom stereocenters. The number of pyridine rings is 1. The van der Waals surface area contributed by atoms with E-state index >= 15 is 0 Å². The van der Waals surface area contributed by atoms with Crippen LogP contribution in [0.15, 0.2) is 36.5 Å². The summed E-state index contributed by atoms with van der Waals surface area (Å²) in [5, 5.41) is 0. The fraction of sp³-hybridized carbons (Fsp3) is 0.267. The Balaban J connectivity index is 2.33. The maximum absolute atomic E-state index is 5.71. The lowest BCUT2D eigenvalue weighted by molar-refractivity contribution is 0.922. The van der Waals surface area contributed by atoms with E-state index in [-0.39, 0.29) is 0 Å². The number of rotatable bonds is 3. The highest BCUT2D eigenvalue weighted by Gasteiger charge is 2.03. The van der Waals surface area contributed by atoms with E-state index < -0.39 is 0 Å². The highest BCUT2D eigenvalue weighted by molar-refractivity contribution is 5.64. The number of hydrogen-bond donors (Lipinski definition) is 1. The summed E-state index contributed by atoms with van der Waals surface area (Å²) in [7, 11) is 0. The minimum Gasteiger partial charge on any atom is -0.397 e. The van der Waals surface area contributed by atoms with Crippen molar-refractivity contribution in [1.82, 2.24) is 4.98 Å². The number of aromatic nitrogens is 1. The Labute approximate surface area is 103 Å². The van der Waals surface area contributed by atoms with Gasteiger partial charge in [-0.15, -0.1) is 0 Å². The van der Waals surface area contributed by atoms with Crippen LogP contribution in [-0.4, -0.2) is 4.98 Å². The van der Waals surface area contributed by atoms with Crippen molar-refractivity contribution in [2.24, 2.45) is 0 Å². The molecule has 2 heteroatoms. The first-order chi connectivity index (χ1) is 8.20. The van der Waals surface area contributed by atoms with E-state index in [1.165, 1.54) is 12.0 Å². The minimum atomic E-state index is 0.717. The summed E-state index contributed by atoms with van der Waals surface area (Å²) in [6, 6.07) is 10.6. The monoisotopic (exact) mass is 226 g/mol. The maximum atomic E-state index is 5.71. The fourth-order valence-corrected chi connectivity index (χ4v) is 2.02. The summed E-state index contributed by atoms with van der Waals surface area (Å²) < 4.78 is 0. The highest BCUT2D eigenvalue weighted by Crippen LogP contribution is 2.22. The van der Waals surface area contributed by atoms with Crippen LogP contribution in [0.25, 0.3) is 11.3 Å². The van der Waals surface area contributed by atoms with Crippen LogP contribution in [0.3, 0.4) is 0 Å². The van der Waals surface area contributed by atoms with E-state index in [1.807, 2.05) is 13.0 Å². The van der Waals surface area contributed by atoms with Gasteiger partial charge in [-0.05, 0) is 30.5 Å². The predicted octanol–water partition coefficient (Wildman–Crippen LogP) is 3.59. The third-order valence-corrected chi connectivity index (χ3v) is 2.87. The smallest absolute Gasteiger partial charge is 0.0732 e. The molecule has 2 aromatic rings. The van der Waals surface area contributed by atoms with Crippen molar-refractivity contribution in [2.75, 3.05) is 5.73 Å². The molecule has 0 radical (unpaired) electrons. The topological polar surface area (TPSA) is 38.9 Å². The molecule has 1 heterocycles. The van der Waals surface area contributed by atoms with Crippen LogP contribution < -0.4 is 5.73 Å². The van der Waals surface area contributed by atoms with Crippen molar-refractivity contribution in [2.45, 2.75) is 26.7 Å². The number of anilines is 1. The molecule has 0 amide bonds. The van der Waals surface area contributed by atoms with Gasteiger partial charge in [-0.1, -0.05) is 37.6 Å². The number of nitrogens with zero attached hydrogens (tertiary/aromatic N) is 1. The Kier molecular flexibility index (Phi) is 3.43. The van der Waals surface area contributed by atoms with Crippen molar-refractivity contribution in [1.29, 1.82) is 0 Å². The van der Waals surface area contributed by atoms with Gasteiger partial charge in [-0.2, -0.15) is 0 Å². The number of hydrogen-bond acceptors (Lipinski definition) is 2. The van der Waals surface area contributed by atoms with E-state index in [1.54, 1.807) is 6.20 Å². The van der Waals surface area contributed by atoms with Crippen molar-refractivity contribution in [3.63, 3.8) is 0 Å². The van der Waals surface area contributed by atoms with Gasteiger partial charge in [0.15, 0.2) is 0 Å². The molecule has 0 saturated carbocycles. The molecule has 1 aromatic carbocycles. The van der Waals surface area contributed by atoms with Gasteiger partial charge in [0, 0.05) is 5.56 Å². The first-order valence-corrected chi connectivity index (χ1v) is 6.02. The Morgan fingerprint density at radius 1 is 1.18 bits per heavy atom. The second kappa shape index (κ2) is 5.00. The van der Waals surface area contributed by atoms with Gasteiger partial charge in [0.2, 0.25) is 0 Å². The van der Waals surface area contributed by atoms with Crippen LogP contribution in [0.5, 0.6) is 0 Å². The molecule has 0 saturated heterocycles. The second-order valence-corrected chi connectivity index (χ2v) is 4.38. The fourth-order valence-electron chi connectivity index (χ4n) is 2.02. The standard InChI is InChI=1S/C15H18N2/c1-3-4-12-5-7-13(8-6-12)15-11(2)9-14(16)10-17-15/h5-10H,3-4,16H2,1-2H3. The van der Waals surface area contributed by atoms with Gasteiger partial charge in [0.1, 0.15) is 0 Å². The Morgan fingerprint density at radius 3 is 2.47 bits per heavy atom. The van der Waals surface area contributed by atoms with Gasteiger partial charge in [0.25, 0.3) is 0 Å². The van der Waals surface area contributed by atoms with Crippen molar-refractivity contribution >= 4 is 5.69 Å². The van der Waals surface area contributed by atoms with Gasteiger partial charge in [0.05, 0.1) is 17.6 Å². The Bertz CT molecular complexity index is 501. The summed E-state index contributed by atoms with van der Waals surface area (Å²) in [6.45, 7) is 4.23. The zero-order valence-electron chi connectivity index (χ0n) is 10.4. The number of aryl methyl sites for hydroxylation is 2. The van der Waals surface area contributed by atoms with Crippen LogP contribution in [-0.2, 0) is 6.42 Å². The maximum Gasteiger partial charge on any atom is 0.0732 e. The first kappa shape index (κ1) is 11.6. The summed E-state index contributed by atoms with van der Waals surface area (Å²) >= 11 is 0. The number of nitrogen functional groups attached to an aromatic ring is 1. The molecule has 0 aliphatic rings. The molecular formula is C15H18N2. The van der Waals surface area contributed by atoms with Gasteiger partial charge >= 0.3 is 0 Å². The molecule has 0 aliphatic carbocycles. The zero-order chi connectivity index (χ0) is 12.3. The van der Waals surface area contributed by atoms with E-state index in [0.717, 1.165) is 23.2 Å². The largest absolute Gasteiger partial charge is 0.397 e. The van der Waals surface area contributed by atoms with Crippen molar-refractivity contribution < 1.29 is 0 Å². The molecular weight excluding hydrogens is 208 g/mol. The molecule has 88 valence electrons. The van der Waals surface area contributed by atoms with Gasteiger partial charge < -0.3 is 5.73 Å². The third-order valence-electron chi connectivity index (χ3n) is 2.87. The lowest BCUT2D eigenvalue weighted by atomic mass is 10.0. The highest BCUT2D eigenvalue weighted by atomic mass is 14.7. The molecule has 2 N–H and O–H groups in total. The predicted molar refractivity (Wildman–Crippen MR) is 72.8 cm³/mol. The van der Waals surface area contributed by atoms with E-state index in [9.17, 15) is 0 Å². The molecule has 17 heavy (non-hydrogen) atoms. The van der Waals surface area contributed by atoms with Crippen molar-refractivity contribution in [3.05, 3.63) is 47.7 Å². The SMILES string of the molecule is CCCc1ccc(-c2ncc(N)cc2C)cc1. The molecule has 0 atom stereocenters. The van der Waals surface area contributed by atoms with Crippen molar-refractivity contribution in [3.8, 4) is 11.3 Å². The van der Waals surface area contributed by atoms with Crippen LogP contribution in [0.2, 0.25) is 0 Å². The average molecular weight is 226 g/mol. The molecule has 0 fully saturated rings. The Morgan fingerprint density at radius 2 is 1.88 bits per heavy atom. The first-order valence-electron chi connectivity index (χ1n) is 6.02. The van der Waals surface area contributed by atoms with Crippen LogP contribution in [0, 0.1) is 6.92 Å². The Hall–Kier alpha value is -1.83. The van der Waals surface area contributed by atoms with Crippen LogP contribution >= 0.6 is 0 Å². The number of benzene rings is 1. The summed E-state index contributed by atoms with van der Waals surface area (Å²) in [5.74, 6) is 0. The summed E-state index contributed by atoms with van der Waals surface area (Å²) in [5.41, 5.74) is 11.1.